The molecule has 0 unspecified atom stereocenters. The first-order valence-electron chi connectivity index (χ1n) is 11.3. The molecule has 2 aromatic rings. The van der Waals surface area contributed by atoms with Crippen molar-refractivity contribution in [1.82, 2.24) is 20.9 Å². The molecule has 14 heteroatoms. The first-order valence-corrected chi connectivity index (χ1v) is 11.3. The summed E-state index contributed by atoms with van der Waals surface area (Å²) in [5.41, 5.74) is 6.43. The molecule has 0 aromatic heterocycles. The van der Waals surface area contributed by atoms with Crippen LogP contribution in [0.1, 0.15) is 29.2 Å². The Morgan fingerprint density at radius 1 is 1.00 bits per heavy atom. The number of hydrogen-bond donors (Lipinski definition) is 7. The van der Waals surface area contributed by atoms with Crippen LogP contribution in [0.2, 0.25) is 0 Å². The van der Waals surface area contributed by atoms with E-state index in [1.165, 1.54) is 18.2 Å². The SMILES string of the molecule is N=C(N)c1ccc(C=C2NC(=O)N(CC(=O)N[C@@H](CC(=O)O)C(=O)N[C@H](C(=O)O)c3ccccc3)C2=O)cc1. The van der Waals surface area contributed by atoms with Crippen LogP contribution in [0, 0.1) is 5.41 Å². The Balaban J connectivity index is 1.69. The summed E-state index contributed by atoms with van der Waals surface area (Å²) in [6, 6.07) is 9.71. The van der Waals surface area contributed by atoms with E-state index in [0.717, 1.165) is 0 Å². The number of nitrogens with two attached hydrogens (primary N) is 1. The number of carbonyl (C=O) groups is 6. The Bertz CT molecular complexity index is 1360. The molecule has 2 atom stereocenters. The molecule has 1 fully saturated rings. The lowest BCUT2D eigenvalue weighted by molar-refractivity contribution is -0.143. The van der Waals surface area contributed by atoms with Crippen LogP contribution in [-0.4, -0.2) is 69.2 Å². The highest BCUT2D eigenvalue weighted by molar-refractivity contribution is 6.15. The average Bonchev–Trinajstić information content (AvgIpc) is 3.14. The molecule has 1 saturated heterocycles. The molecule has 1 aliphatic heterocycles. The largest absolute Gasteiger partial charge is 0.481 e. The minimum Gasteiger partial charge on any atom is -0.481 e. The van der Waals surface area contributed by atoms with E-state index in [-0.39, 0.29) is 17.1 Å². The van der Waals surface area contributed by atoms with E-state index in [1.54, 1.807) is 42.5 Å². The number of nitrogens with one attached hydrogen (secondary N) is 4. The Morgan fingerprint density at radius 2 is 1.64 bits per heavy atom. The molecular formula is C25H24N6O8. The summed E-state index contributed by atoms with van der Waals surface area (Å²) < 4.78 is 0. The van der Waals surface area contributed by atoms with E-state index in [9.17, 15) is 39.0 Å². The molecule has 0 aliphatic carbocycles. The van der Waals surface area contributed by atoms with Gasteiger partial charge in [0.1, 0.15) is 24.1 Å². The van der Waals surface area contributed by atoms with Gasteiger partial charge in [-0.15, -0.1) is 0 Å². The number of urea groups is 1. The highest BCUT2D eigenvalue weighted by Crippen LogP contribution is 2.16. The number of nitrogen functional groups attached to an aromatic ring is 1. The van der Waals surface area contributed by atoms with Crippen molar-refractivity contribution in [2.75, 3.05) is 6.54 Å². The second kappa shape index (κ2) is 12.1. The van der Waals surface area contributed by atoms with Gasteiger partial charge in [-0.1, -0.05) is 54.6 Å². The van der Waals surface area contributed by atoms with Crippen molar-refractivity contribution < 1.29 is 39.0 Å². The van der Waals surface area contributed by atoms with Crippen LogP contribution in [0.5, 0.6) is 0 Å². The number of amides is 5. The van der Waals surface area contributed by atoms with Crippen molar-refractivity contribution in [3.8, 4) is 0 Å². The van der Waals surface area contributed by atoms with Crippen LogP contribution in [-0.2, 0) is 24.0 Å². The molecule has 39 heavy (non-hydrogen) atoms. The van der Waals surface area contributed by atoms with Crippen LogP contribution in [0.25, 0.3) is 6.08 Å². The second-order valence-electron chi connectivity index (χ2n) is 8.32. The summed E-state index contributed by atoms with van der Waals surface area (Å²) >= 11 is 0. The third-order valence-corrected chi connectivity index (χ3v) is 5.49. The Kier molecular flexibility index (Phi) is 8.73. The van der Waals surface area contributed by atoms with Crippen molar-refractivity contribution in [3.05, 3.63) is 77.0 Å². The molecule has 202 valence electrons. The van der Waals surface area contributed by atoms with Crippen LogP contribution < -0.4 is 21.7 Å². The summed E-state index contributed by atoms with van der Waals surface area (Å²) in [7, 11) is 0. The van der Waals surface area contributed by atoms with Gasteiger partial charge in [-0.2, -0.15) is 0 Å². The van der Waals surface area contributed by atoms with Crippen LogP contribution >= 0.6 is 0 Å². The molecule has 3 rings (SSSR count). The van der Waals surface area contributed by atoms with Gasteiger partial charge in [0.2, 0.25) is 11.8 Å². The fourth-order valence-electron chi connectivity index (χ4n) is 3.58. The molecule has 8 N–H and O–H groups in total. The number of carboxylic acid groups (broad SMARTS) is 2. The number of aliphatic carboxylic acids is 2. The number of amidine groups is 1. The molecular weight excluding hydrogens is 512 g/mol. The van der Waals surface area contributed by atoms with E-state index in [0.29, 0.717) is 16.0 Å². The van der Waals surface area contributed by atoms with Gasteiger partial charge in [0.05, 0.1) is 6.42 Å². The smallest absolute Gasteiger partial charge is 0.330 e. The van der Waals surface area contributed by atoms with Crippen molar-refractivity contribution in [2.24, 2.45) is 5.73 Å². The van der Waals surface area contributed by atoms with E-state index >= 15 is 0 Å². The lowest BCUT2D eigenvalue weighted by atomic mass is 10.1. The van der Waals surface area contributed by atoms with E-state index in [1.807, 2.05) is 0 Å². The molecule has 1 heterocycles. The fraction of sp³-hybridized carbons (Fsp3) is 0.160. The monoisotopic (exact) mass is 536 g/mol. The number of imide groups is 1. The number of hydrogen-bond acceptors (Lipinski definition) is 7. The standard InChI is InChI=1S/C25H24N6O8/c26-21(27)15-8-6-13(7-9-15)10-17-23(36)31(25(39)29-17)12-18(32)28-16(11-19(33)34)22(35)30-20(24(37)38)14-4-2-1-3-5-14/h1-10,16,20H,11-12H2,(H3,26,27)(H,28,32)(H,29,39)(H,30,35)(H,33,34)(H,37,38)/t16-,20-/m0/s1. The van der Waals surface area contributed by atoms with Gasteiger partial charge in [-0.3, -0.25) is 24.6 Å². The normalized spacial score (nSPS) is 15.3. The van der Waals surface area contributed by atoms with Gasteiger partial charge in [-0.05, 0) is 17.2 Å². The van der Waals surface area contributed by atoms with Gasteiger partial charge < -0.3 is 31.9 Å². The summed E-state index contributed by atoms with van der Waals surface area (Å²) in [4.78, 5) is 74.0. The predicted octanol–water partition coefficient (Wildman–Crippen LogP) is -0.235. The molecule has 0 spiro atoms. The minimum absolute atomic E-state index is 0.143. The van der Waals surface area contributed by atoms with Gasteiger partial charge >= 0.3 is 18.0 Å². The first-order chi connectivity index (χ1) is 18.5. The zero-order valence-electron chi connectivity index (χ0n) is 20.2. The van der Waals surface area contributed by atoms with E-state index in [2.05, 4.69) is 16.0 Å². The maximum atomic E-state index is 12.7. The molecule has 5 amide bonds. The van der Waals surface area contributed by atoms with Gasteiger partial charge in [0.15, 0.2) is 6.04 Å². The van der Waals surface area contributed by atoms with Gasteiger partial charge in [0, 0.05) is 5.56 Å². The zero-order valence-corrected chi connectivity index (χ0v) is 20.2. The van der Waals surface area contributed by atoms with Gasteiger partial charge in [0.25, 0.3) is 5.91 Å². The van der Waals surface area contributed by atoms with Crippen LogP contribution in [0.4, 0.5) is 4.79 Å². The molecule has 1 aliphatic rings. The number of nitrogens with zero attached hydrogens (tertiary/aromatic N) is 1. The van der Waals surface area contributed by atoms with Crippen molar-refractivity contribution in [2.45, 2.75) is 18.5 Å². The summed E-state index contributed by atoms with van der Waals surface area (Å²) in [5, 5.41) is 32.8. The zero-order chi connectivity index (χ0) is 28.7. The minimum atomic E-state index is -1.70. The Morgan fingerprint density at radius 3 is 2.21 bits per heavy atom. The highest BCUT2D eigenvalue weighted by Gasteiger charge is 2.36. The maximum Gasteiger partial charge on any atom is 0.330 e. The Labute approximate surface area is 221 Å². The summed E-state index contributed by atoms with van der Waals surface area (Å²) in [6.45, 7) is -0.838. The molecule has 2 aromatic carbocycles. The number of benzene rings is 2. The highest BCUT2D eigenvalue weighted by atomic mass is 16.4. The third kappa shape index (κ3) is 7.25. The molecule has 0 radical (unpaired) electrons. The maximum absolute atomic E-state index is 12.7. The third-order valence-electron chi connectivity index (χ3n) is 5.49. The summed E-state index contributed by atoms with van der Waals surface area (Å²) in [6.07, 6.45) is 0.457. The lowest BCUT2D eigenvalue weighted by Gasteiger charge is -2.21. The average molecular weight is 537 g/mol. The molecule has 14 nitrogen and oxygen atoms in total. The fourth-order valence-corrected chi connectivity index (χ4v) is 3.58. The van der Waals surface area contributed by atoms with Gasteiger partial charge in [-0.25, -0.2) is 14.5 Å². The summed E-state index contributed by atoms with van der Waals surface area (Å²) in [5.74, 6) is -5.99. The second-order valence-corrected chi connectivity index (χ2v) is 8.32. The molecule has 0 saturated carbocycles. The van der Waals surface area contributed by atoms with Crippen molar-refractivity contribution in [3.63, 3.8) is 0 Å². The first kappa shape index (κ1) is 28.0. The number of carboxylic acids is 2. The lowest BCUT2D eigenvalue weighted by Crippen LogP contribution is -2.52. The number of carbonyl (C=O) groups excluding carboxylic acids is 4. The van der Waals surface area contributed by atoms with Crippen LogP contribution in [0.3, 0.4) is 0 Å². The topological polar surface area (TPSA) is 232 Å². The molecule has 0 bridgehead atoms. The number of rotatable bonds is 11. The van der Waals surface area contributed by atoms with E-state index in [4.69, 9.17) is 11.1 Å². The Hall–Kier alpha value is -5.53. The quantitative estimate of drug-likeness (QED) is 0.0868. The van der Waals surface area contributed by atoms with Crippen LogP contribution in [0.15, 0.2) is 60.3 Å². The van der Waals surface area contributed by atoms with Crippen molar-refractivity contribution >= 4 is 47.6 Å². The van der Waals surface area contributed by atoms with Crippen molar-refractivity contribution in [1.29, 1.82) is 5.41 Å². The van der Waals surface area contributed by atoms with E-state index < -0.39 is 60.7 Å². The predicted molar refractivity (Wildman–Crippen MR) is 135 cm³/mol.